The molecule has 4 aliphatic rings. The van der Waals surface area contributed by atoms with Gasteiger partial charge in [-0.2, -0.15) is 0 Å². The standard InChI is InChI=1S/C42H57F2N5O11S/c1-24-10-8-9-11-26-21-42(26,38(52)47-61(55,56)29-13-14-29)46-35(50)32-20-28(60-36-30-15-12-27(58-7)19-31(30)33(22-45-36)59-17-16-57-6)23-48(32)37(51)34(25(2)18-24)49(39(53)54)40(3,4)41(5,43)44/h9,11-12,15,19,22,24-26,28-29,32,34H,8,10,13-14,16-18,20-21,23H2,1-7H3,(H,46,50)(H,47,52)(H,53,54)/b11-9-/t24-,25-,26-,28-,32+,34+,42-/m1/s1. The number of carbonyl (C=O) groups is 4. The third-order valence-corrected chi connectivity index (χ3v) is 14.4. The van der Waals surface area contributed by atoms with Crippen LogP contribution in [0.4, 0.5) is 13.6 Å². The number of halogens is 2. The van der Waals surface area contributed by atoms with Crippen LogP contribution < -0.4 is 24.2 Å². The first-order chi connectivity index (χ1) is 28.6. The van der Waals surface area contributed by atoms with Gasteiger partial charge in [-0.3, -0.25) is 24.0 Å². The molecule has 3 N–H and O–H groups in total. The number of aromatic nitrogens is 1. The van der Waals surface area contributed by atoms with E-state index in [2.05, 4.69) is 15.0 Å². The van der Waals surface area contributed by atoms with Crippen LogP contribution in [0.1, 0.15) is 79.6 Å². The first-order valence-corrected chi connectivity index (χ1v) is 22.2. The Bertz CT molecular complexity index is 2150. The fourth-order valence-electron chi connectivity index (χ4n) is 8.46. The third-order valence-electron chi connectivity index (χ3n) is 12.6. The Balaban J connectivity index is 1.42. The summed E-state index contributed by atoms with van der Waals surface area (Å²) < 4.78 is 81.9. The molecule has 2 aliphatic carbocycles. The van der Waals surface area contributed by atoms with Gasteiger partial charge in [0, 0.05) is 37.1 Å². The van der Waals surface area contributed by atoms with Gasteiger partial charge in [0.25, 0.3) is 11.8 Å². The van der Waals surface area contributed by atoms with Crippen LogP contribution in [0.25, 0.3) is 10.8 Å². The molecule has 7 atom stereocenters. The van der Waals surface area contributed by atoms with Crippen molar-refractivity contribution < 1.29 is 60.4 Å². The van der Waals surface area contributed by atoms with Crippen LogP contribution >= 0.6 is 0 Å². The second kappa shape index (κ2) is 17.5. The van der Waals surface area contributed by atoms with Crippen LogP contribution in [-0.4, -0.2) is 127 Å². The minimum Gasteiger partial charge on any atom is -0.497 e. The van der Waals surface area contributed by atoms with Crippen LogP contribution in [0.3, 0.4) is 0 Å². The van der Waals surface area contributed by atoms with Crippen molar-refractivity contribution >= 4 is 44.6 Å². The van der Waals surface area contributed by atoms with Gasteiger partial charge in [-0.05, 0) is 82.4 Å². The number of nitrogens with one attached hydrogen (secondary N) is 2. The molecule has 3 heterocycles. The molecule has 0 bridgehead atoms. The second-order valence-electron chi connectivity index (χ2n) is 17.5. The lowest BCUT2D eigenvalue weighted by Gasteiger charge is -2.47. The van der Waals surface area contributed by atoms with E-state index in [-0.39, 0.29) is 44.2 Å². The smallest absolute Gasteiger partial charge is 0.408 e. The Labute approximate surface area is 354 Å². The Kier molecular flexibility index (Phi) is 13.1. The molecule has 19 heteroatoms. The number of fused-ring (bicyclic) bond motifs is 3. The van der Waals surface area contributed by atoms with E-state index in [4.69, 9.17) is 18.9 Å². The number of amides is 4. The number of methoxy groups -OCH3 is 2. The lowest BCUT2D eigenvalue weighted by atomic mass is 9.84. The summed E-state index contributed by atoms with van der Waals surface area (Å²) in [5.41, 5.74) is -4.06. The van der Waals surface area contributed by atoms with Gasteiger partial charge in [0.1, 0.15) is 47.4 Å². The molecule has 3 fully saturated rings. The van der Waals surface area contributed by atoms with Crippen molar-refractivity contribution in [1.82, 2.24) is 24.8 Å². The van der Waals surface area contributed by atoms with Crippen LogP contribution in [0.2, 0.25) is 0 Å². The molecule has 2 aromatic rings. The summed E-state index contributed by atoms with van der Waals surface area (Å²) >= 11 is 0. The number of allylic oxidation sites excluding steroid dienone is 1. The highest BCUT2D eigenvalue weighted by Gasteiger charge is 2.62. The highest BCUT2D eigenvalue weighted by molar-refractivity contribution is 7.91. The first-order valence-electron chi connectivity index (χ1n) is 20.7. The molecule has 1 aromatic carbocycles. The van der Waals surface area contributed by atoms with E-state index < -0.39 is 86.1 Å². The topological polar surface area (TPSA) is 203 Å². The molecular formula is C42H57F2N5O11S. The highest BCUT2D eigenvalue weighted by atomic mass is 32.2. The van der Waals surface area contributed by atoms with Gasteiger partial charge in [0.15, 0.2) is 0 Å². The molecule has 0 radical (unpaired) electrons. The molecule has 6 rings (SSSR count). The van der Waals surface area contributed by atoms with Crippen molar-refractivity contribution in [2.75, 3.05) is 34.0 Å². The number of carbonyl (C=O) groups excluding carboxylic acids is 3. The van der Waals surface area contributed by atoms with Gasteiger partial charge in [0.2, 0.25) is 27.7 Å². The van der Waals surface area contributed by atoms with Crippen LogP contribution in [0.15, 0.2) is 36.5 Å². The van der Waals surface area contributed by atoms with Crippen LogP contribution in [0.5, 0.6) is 17.4 Å². The molecule has 2 aliphatic heterocycles. The van der Waals surface area contributed by atoms with Crippen molar-refractivity contribution in [2.45, 2.75) is 120 Å². The number of sulfonamides is 1. The largest absolute Gasteiger partial charge is 0.497 e. The average molecular weight is 878 g/mol. The quantitative estimate of drug-likeness (QED) is 0.182. The fraction of sp³-hybridized carbons (Fsp3) is 0.643. The summed E-state index contributed by atoms with van der Waals surface area (Å²) in [5.74, 6) is -6.68. The molecule has 4 amide bonds. The summed E-state index contributed by atoms with van der Waals surface area (Å²) in [5, 5.41) is 13.8. The number of pyridine rings is 1. The number of carboxylic acid groups (broad SMARTS) is 1. The van der Waals surface area contributed by atoms with Gasteiger partial charge in [0.05, 0.1) is 31.7 Å². The Morgan fingerprint density at radius 2 is 1.80 bits per heavy atom. The van der Waals surface area contributed by atoms with Crippen molar-refractivity contribution in [1.29, 1.82) is 0 Å². The molecule has 1 aromatic heterocycles. The lowest BCUT2D eigenvalue weighted by Crippen LogP contribution is -2.66. The maximum absolute atomic E-state index is 15.4. The van der Waals surface area contributed by atoms with Crippen molar-refractivity contribution in [2.24, 2.45) is 17.8 Å². The minimum atomic E-state index is -4.01. The number of rotatable bonds is 13. The summed E-state index contributed by atoms with van der Waals surface area (Å²) in [6, 6.07) is 2.04. The maximum atomic E-state index is 15.4. The molecule has 336 valence electrons. The Morgan fingerprint density at radius 1 is 1.08 bits per heavy atom. The number of ether oxygens (including phenoxy) is 4. The number of hydrogen-bond acceptors (Lipinski definition) is 11. The first kappa shape index (κ1) is 45.7. The zero-order chi connectivity index (χ0) is 44.7. The monoisotopic (exact) mass is 877 g/mol. The van der Waals surface area contributed by atoms with Gasteiger partial charge in [-0.25, -0.2) is 27.0 Å². The summed E-state index contributed by atoms with van der Waals surface area (Å²) in [4.78, 5) is 63.0. The van der Waals surface area contributed by atoms with Gasteiger partial charge >= 0.3 is 6.09 Å². The molecule has 1 saturated heterocycles. The highest BCUT2D eigenvalue weighted by Crippen LogP contribution is 2.47. The van der Waals surface area contributed by atoms with Gasteiger partial charge in [-0.15, -0.1) is 0 Å². The molecule has 0 unspecified atom stereocenters. The Hall–Kier alpha value is -4.78. The molecular weight excluding hydrogens is 821 g/mol. The Morgan fingerprint density at radius 3 is 2.44 bits per heavy atom. The number of hydrogen-bond donors (Lipinski definition) is 3. The van der Waals surface area contributed by atoms with E-state index in [9.17, 15) is 27.9 Å². The van der Waals surface area contributed by atoms with E-state index in [0.717, 1.165) is 18.7 Å². The molecule has 0 spiro atoms. The van der Waals surface area contributed by atoms with E-state index in [1.54, 1.807) is 31.2 Å². The normalized spacial score (nSPS) is 28.0. The van der Waals surface area contributed by atoms with E-state index >= 15 is 13.6 Å². The predicted molar refractivity (Wildman–Crippen MR) is 219 cm³/mol. The average Bonchev–Trinajstić information content (AvgIpc) is 4.11. The zero-order valence-corrected chi connectivity index (χ0v) is 36.4. The van der Waals surface area contributed by atoms with E-state index in [1.165, 1.54) is 20.4 Å². The van der Waals surface area contributed by atoms with Gasteiger partial charge < -0.3 is 34.3 Å². The van der Waals surface area contributed by atoms with E-state index in [0.29, 0.717) is 66.4 Å². The lowest BCUT2D eigenvalue weighted by molar-refractivity contribution is -0.156. The fourth-order valence-corrected chi connectivity index (χ4v) is 9.82. The SMILES string of the molecule is COCCOc1cnc(O[C@@H]2C[C@H]3C(=O)N[C@]4(C(=O)NS(=O)(=O)C5CC5)C[C@H]4/C=C\CC[C@@H](C)C[C@@H](C)[C@H](N(C(=O)O)C(C)(C)C(C)(F)F)C(=O)N3C2)c2ccc(OC)cc12. The maximum Gasteiger partial charge on any atom is 0.408 e. The molecule has 16 nitrogen and oxygen atoms in total. The van der Waals surface area contributed by atoms with Crippen LogP contribution in [-0.2, 0) is 29.1 Å². The minimum absolute atomic E-state index is 0.0851. The van der Waals surface area contributed by atoms with Crippen molar-refractivity contribution in [3.8, 4) is 17.4 Å². The second-order valence-corrected chi connectivity index (χ2v) is 19.4. The number of benzene rings is 1. The summed E-state index contributed by atoms with van der Waals surface area (Å²) in [7, 11) is -0.960. The molecule has 2 saturated carbocycles. The predicted octanol–water partition coefficient (Wildman–Crippen LogP) is 4.89. The van der Waals surface area contributed by atoms with Crippen LogP contribution in [0, 0.1) is 17.8 Å². The van der Waals surface area contributed by atoms with Crippen molar-refractivity contribution in [3.63, 3.8) is 0 Å². The zero-order valence-electron chi connectivity index (χ0n) is 35.6. The van der Waals surface area contributed by atoms with Crippen molar-refractivity contribution in [3.05, 3.63) is 36.5 Å². The van der Waals surface area contributed by atoms with E-state index in [1.807, 2.05) is 13.0 Å². The molecule has 61 heavy (non-hydrogen) atoms. The number of nitrogens with zero attached hydrogens (tertiary/aromatic N) is 3. The summed E-state index contributed by atoms with van der Waals surface area (Å²) in [6.45, 7) is 6.50. The third kappa shape index (κ3) is 9.51. The number of alkyl halides is 2. The summed E-state index contributed by atoms with van der Waals surface area (Å²) in [6.07, 6.45) is 4.44. The van der Waals surface area contributed by atoms with Gasteiger partial charge in [-0.1, -0.05) is 26.0 Å².